The fourth-order valence-electron chi connectivity index (χ4n) is 2.15. The monoisotopic (exact) mass is 334 g/mol. The van der Waals surface area contributed by atoms with Crippen molar-refractivity contribution in [1.82, 2.24) is 19.7 Å². The maximum atomic E-state index is 12.4. The molecule has 0 aliphatic heterocycles. The van der Waals surface area contributed by atoms with E-state index in [1.165, 1.54) is 6.20 Å². The zero-order chi connectivity index (χ0) is 15.7. The minimum atomic E-state index is -0.225. The zero-order valence-corrected chi connectivity index (χ0v) is 13.1. The first-order chi connectivity index (χ1) is 10.6. The highest BCUT2D eigenvalue weighted by molar-refractivity contribution is 6.42. The number of halogens is 2. The SMILES string of the molecule is CC(NC(=O)c1cnc2cnccn12)c1ccc(Cl)c(Cl)c1. The summed E-state index contributed by atoms with van der Waals surface area (Å²) in [5.74, 6) is -0.225. The molecule has 1 N–H and O–H groups in total. The molecule has 0 saturated heterocycles. The van der Waals surface area contributed by atoms with Gasteiger partial charge in [-0.2, -0.15) is 0 Å². The number of imidazole rings is 1. The van der Waals surface area contributed by atoms with Gasteiger partial charge < -0.3 is 5.32 Å². The topological polar surface area (TPSA) is 59.3 Å². The Morgan fingerprint density at radius 2 is 2.09 bits per heavy atom. The fraction of sp³-hybridized carbons (Fsp3) is 0.133. The molecule has 0 aliphatic rings. The second-order valence-electron chi connectivity index (χ2n) is 4.82. The van der Waals surface area contributed by atoms with Gasteiger partial charge in [0.25, 0.3) is 5.91 Å². The Morgan fingerprint density at radius 3 is 2.86 bits per heavy atom. The average molecular weight is 335 g/mol. The number of amides is 1. The van der Waals surface area contributed by atoms with Crippen molar-refractivity contribution < 1.29 is 4.79 Å². The molecule has 0 fully saturated rings. The lowest BCUT2D eigenvalue weighted by molar-refractivity contribution is 0.0934. The van der Waals surface area contributed by atoms with Crippen molar-refractivity contribution in [3.8, 4) is 0 Å². The van der Waals surface area contributed by atoms with Gasteiger partial charge in [-0.1, -0.05) is 29.3 Å². The zero-order valence-electron chi connectivity index (χ0n) is 11.6. The summed E-state index contributed by atoms with van der Waals surface area (Å²) >= 11 is 11.9. The van der Waals surface area contributed by atoms with Gasteiger partial charge >= 0.3 is 0 Å². The van der Waals surface area contributed by atoms with Crippen molar-refractivity contribution in [1.29, 1.82) is 0 Å². The summed E-state index contributed by atoms with van der Waals surface area (Å²) in [5, 5.41) is 3.86. The number of carbonyl (C=O) groups excluding carboxylic acids is 1. The molecule has 0 bridgehead atoms. The first-order valence-corrected chi connectivity index (χ1v) is 7.35. The minimum absolute atomic E-state index is 0.213. The molecular weight excluding hydrogens is 323 g/mol. The highest BCUT2D eigenvalue weighted by atomic mass is 35.5. The van der Waals surface area contributed by atoms with E-state index in [4.69, 9.17) is 23.2 Å². The van der Waals surface area contributed by atoms with Crippen LogP contribution in [0.1, 0.15) is 29.0 Å². The summed E-state index contributed by atoms with van der Waals surface area (Å²) in [5.41, 5.74) is 1.94. The summed E-state index contributed by atoms with van der Waals surface area (Å²) in [4.78, 5) is 20.5. The molecule has 1 amide bonds. The molecule has 1 unspecified atom stereocenters. The fourth-order valence-corrected chi connectivity index (χ4v) is 2.45. The lowest BCUT2D eigenvalue weighted by Gasteiger charge is -2.14. The number of fused-ring (bicyclic) bond motifs is 1. The predicted molar refractivity (Wildman–Crippen MR) is 85.3 cm³/mol. The van der Waals surface area contributed by atoms with Crippen LogP contribution in [-0.4, -0.2) is 20.3 Å². The largest absolute Gasteiger partial charge is 0.344 e. The smallest absolute Gasteiger partial charge is 0.270 e. The van der Waals surface area contributed by atoms with Crippen molar-refractivity contribution in [3.63, 3.8) is 0 Å². The summed E-state index contributed by atoms with van der Waals surface area (Å²) in [6.45, 7) is 1.88. The molecule has 3 aromatic rings. The van der Waals surface area contributed by atoms with Gasteiger partial charge in [0.1, 0.15) is 5.69 Å². The van der Waals surface area contributed by atoms with Crippen LogP contribution in [0.3, 0.4) is 0 Å². The summed E-state index contributed by atoms with van der Waals surface area (Å²) in [6.07, 6.45) is 6.42. The maximum absolute atomic E-state index is 12.4. The number of hydrogen-bond acceptors (Lipinski definition) is 3. The van der Waals surface area contributed by atoms with Crippen LogP contribution in [0.25, 0.3) is 5.65 Å². The predicted octanol–water partition coefficient (Wildman–Crippen LogP) is 3.53. The molecule has 0 aliphatic carbocycles. The molecule has 0 radical (unpaired) electrons. The molecule has 1 aromatic carbocycles. The Morgan fingerprint density at radius 1 is 1.27 bits per heavy atom. The molecule has 0 saturated carbocycles. The van der Waals surface area contributed by atoms with Crippen LogP contribution in [0.4, 0.5) is 0 Å². The summed E-state index contributed by atoms with van der Waals surface area (Å²) in [6, 6.07) is 5.07. The third-order valence-corrected chi connectivity index (χ3v) is 4.08. The first-order valence-electron chi connectivity index (χ1n) is 6.59. The van der Waals surface area contributed by atoms with Gasteiger partial charge in [-0.3, -0.25) is 14.2 Å². The molecule has 112 valence electrons. The second kappa shape index (κ2) is 5.94. The Kier molecular flexibility index (Phi) is 4.00. The van der Waals surface area contributed by atoms with E-state index in [9.17, 15) is 4.79 Å². The third-order valence-electron chi connectivity index (χ3n) is 3.34. The Hall–Kier alpha value is -2.11. The number of nitrogens with zero attached hydrogens (tertiary/aromatic N) is 3. The van der Waals surface area contributed by atoms with Crippen LogP contribution in [0, 0.1) is 0 Å². The second-order valence-corrected chi connectivity index (χ2v) is 5.63. The molecule has 22 heavy (non-hydrogen) atoms. The van der Waals surface area contributed by atoms with E-state index in [1.807, 2.05) is 13.0 Å². The highest BCUT2D eigenvalue weighted by Gasteiger charge is 2.16. The van der Waals surface area contributed by atoms with Crippen molar-refractivity contribution in [2.45, 2.75) is 13.0 Å². The molecule has 1 atom stereocenters. The number of carbonyl (C=O) groups is 1. The summed E-state index contributed by atoms with van der Waals surface area (Å²) < 4.78 is 1.68. The normalized spacial score (nSPS) is 12.3. The first kappa shape index (κ1) is 14.8. The average Bonchev–Trinajstić information content (AvgIpc) is 2.94. The molecule has 7 heteroatoms. The lowest BCUT2D eigenvalue weighted by Crippen LogP contribution is -2.27. The van der Waals surface area contributed by atoms with Crippen LogP contribution in [0.2, 0.25) is 10.0 Å². The highest BCUT2D eigenvalue weighted by Crippen LogP contribution is 2.25. The molecular formula is C15H12Cl2N4O. The maximum Gasteiger partial charge on any atom is 0.270 e. The number of nitrogens with one attached hydrogen (secondary N) is 1. The molecule has 0 spiro atoms. The molecule has 2 heterocycles. The van der Waals surface area contributed by atoms with Crippen LogP contribution < -0.4 is 5.32 Å². The number of hydrogen-bond donors (Lipinski definition) is 1. The van der Waals surface area contributed by atoms with Gasteiger partial charge in [-0.15, -0.1) is 0 Å². The van der Waals surface area contributed by atoms with E-state index in [1.54, 1.807) is 35.1 Å². The van der Waals surface area contributed by atoms with E-state index < -0.39 is 0 Å². The van der Waals surface area contributed by atoms with Crippen LogP contribution in [-0.2, 0) is 0 Å². The van der Waals surface area contributed by atoms with Gasteiger partial charge in [-0.25, -0.2) is 4.98 Å². The Labute approximate surface area is 136 Å². The Bertz CT molecular complexity index is 846. The molecule has 2 aromatic heterocycles. The van der Waals surface area contributed by atoms with Crippen molar-refractivity contribution >= 4 is 34.8 Å². The van der Waals surface area contributed by atoms with Crippen molar-refractivity contribution in [3.05, 3.63) is 64.3 Å². The van der Waals surface area contributed by atoms with Gasteiger partial charge in [0.05, 0.1) is 28.5 Å². The van der Waals surface area contributed by atoms with Crippen molar-refractivity contribution in [2.24, 2.45) is 0 Å². The van der Waals surface area contributed by atoms with E-state index >= 15 is 0 Å². The van der Waals surface area contributed by atoms with Crippen LogP contribution in [0.15, 0.2) is 43.0 Å². The Balaban J connectivity index is 1.83. The van der Waals surface area contributed by atoms with E-state index in [-0.39, 0.29) is 11.9 Å². The number of aromatic nitrogens is 3. The van der Waals surface area contributed by atoms with E-state index in [0.717, 1.165) is 5.56 Å². The van der Waals surface area contributed by atoms with Gasteiger partial charge in [0.2, 0.25) is 0 Å². The van der Waals surface area contributed by atoms with Gasteiger partial charge in [-0.05, 0) is 24.6 Å². The van der Waals surface area contributed by atoms with Crippen LogP contribution in [0.5, 0.6) is 0 Å². The van der Waals surface area contributed by atoms with Crippen LogP contribution >= 0.6 is 23.2 Å². The summed E-state index contributed by atoms with van der Waals surface area (Å²) in [7, 11) is 0. The quantitative estimate of drug-likeness (QED) is 0.797. The van der Waals surface area contributed by atoms with E-state index in [2.05, 4.69) is 15.3 Å². The van der Waals surface area contributed by atoms with E-state index in [0.29, 0.717) is 21.4 Å². The van der Waals surface area contributed by atoms with Gasteiger partial charge in [0.15, 0.2) is 5.65 Å². The molecule has 3 rings (SSSR count). The number of rotatable bonds is 3. The lowest BCUT2D eigenvalue weighted by atomic mass is 10.1. The minimum Gasteiger partial charge on any atom is -0.344 e. The third kappa shape index (κ3) is 2.77. The standard InChI is InChI=1S/C15H12Cl2N4O/c1-9(10-2-3-11(16)12(17)6-10)20-15(22)13-7-19-14-8-18-4-5-21(13)14/h2-9H,1H3,(H,20,22). The van der Waals surface area contributed by atoms with Crippen molar-refractivity contribution in [2.75, 3.05) is 0 Å². The molecule has 5 nitrogen and oxygen atoms in total. The van der Waals surface area contributed by atoms with Gasteiger partial charge in [0, 0.05) is 12.4 Å². The number of benzene rings is 1.